The molecule has 2 heterocycles. The largest absolute Gasteiger partial charge is 0.336 e. The number of aromatic nitrogens is 1. The molecule has 2 aromatic carbocycles. The number of benzene rings is 2. The number of carbonyl (C=O) groups excluding carboxylic acids is 2. The highest BCUT2D eigenvalue weighted by atomic mass is 32.1. The minimum absolute atomic E-state index is 0.275. The number of anilines is 1. The highest BCUT2D eigenvalue weighted by Gasteiger charge is 2.23. The summed E-state index contributed by atoms with van der Waals surface area (Å²) >= 11 is 2.94. The van der Waals surface area contributed by atoms with Crippen LogP contribution in [0.5, 0.6) is 0 Å². The lowest BCUT2D eigenvalue weighted by atomic mass is 10.1. The van der Waals surface area contributed by atoms with Gasteiger partial charge in [0.25, 0.3) is 11.8 Å². The Kier molecular flexibility index (Phi) is 6.02. The maximum atomic E-state index is 13.0. The summed E-state index contributed by atoms with van der Waals surface area (Å²) in [7, 11) is 0. The molecule has 2 aromatic heterocycles. The summed E-state index contributed by atoms with van der Waals surface area (Å²) < 4.78 is 0. The van der Waals surface area contributed by atoms with Crippen LogP contribution < -0.4 is 10.6 Å². The van der Waals surface area contributed by atoms with E-state index in [1.54, 1.807) is 17.4 Å². The van der Waals surface area contributed by atoms with Crippen molar-refractivity contribution in [3.63, 3.8) is 0 Å². The number of nitrogens with one attached hydrogen (secondary N) is 2. The van der Waals surface area contributed by atoms with Gasteiger partial charge in [-0.25, -0.2) is 4.98 Å². The lowest BCUT2D eigenvalue weighted by molar-refractivity contribution is -0.118. The molecule has 0 fully saturated rings. The molecule has 0 saturated carbocycles. The first kappa shape index (κ1) is 20.0. The lowest BCUT2D eigenvalue weighted by Gasteiger charge is -2.19. The Hall–Kier alpha value is -3.29. The van der Waals surface area contributed by atoms with Gasteiger partial charge in [-0.3, -0.25) is 9.59 Å². The second-order valence-corrected chi connectivity index (χ2v) is 8.62. The molecule has 2 N–H and O–H groups in total. The number of carbonyl (C=O) groups is 2. The quantitative estimate of drug-likeness (QED) is 0.434. The SMILES string of the molecule is Cc1nc(-c2ccc(NC(=O)C(NC(=O)c3cccs3)c3ccccc3)cc2)cs1. The van der Waals surface area contributed by atoms with Gasteiger partial charge in [-0.05, 0) is 36.1 Å². The van der Waals surface area contributed by atoms with Crippen molar-refractivity contribution >= 4 is 40.2 Å². The van der Waals surface area contributed by atoms with Gasteiger partial charge < -0.3 is 10.6 Å². The van der Waals surface area contributed by atoms with Crippen molar-refractivity contribution < 1.29 is 9.59 Å². The van der Waals surface area contributed by atoms with E-state index in [2.05, 4.69) is 15.6 Å². The van der Waals surface area contributed by atoms with E-state index in [0.29, 0.717) is 10.6 Å². The van der Waals surface area contributed by atoms with Crippen LogP contribution in [0.1, 0.15) is 26.3 Å². The maximum absolute atomic E-state index is 13.0. The first-order valence-electron chi connectivity index (χ1n) is 9.33. The Morgan fingerprint density at radius 2 is 1.70 bits per heavy atom. The Balaban J connectivity index is 1.52. The number of nitrogens with zero attached hydrogens (tertiary/aromatic N) is 1. The normalized spacial score (nSPS) is 11.6. The molecule has 0 aliphatic carbocycles. The zero-order valence-corrected chi connectivity index (χ0v) is 17.8. The molecule has 30 heavy (non-hydrogen) atoms. The summed E-state index contributed by atoms with van der Waals surface area (Å²) in [4.78, 5) is 30.6. The van der Waals surface area contributed by atoms with E-state index in [9.17, 15) is 9.59 Å². The van der Waals surface area contributed by atoms with E-state index in [0.717, 1.165) is 21.8 Å². The average Bonchev–Trinajstić information content (AvgIpc) is 3.45. The average molecular weight is 434 g/mol. The first-order chi connectivity index (χ1) is 14.6. The fraction of sp³-hybridized carbons (Fsp3) is 0.0870. The molecule has 0 bridgehead atoms. The second-order valence-electron chi connectivity index (χ2n) is 6.61. The van der Waals surface area contributed by atoms with Gasteiger partial charge in [-0.15, -0.1) is 22.7 Å². The van der Waals surface area contributed by atoms with E-state index < -0.39 is 6.04 Å². The third-order valence-corrected chi connectivity index (χ3v) is 6.12. The molecule has 7 heteroatoms. The summed E-state index contributed by atoms with van der Waals surface area (Å²) in [6.07, 6.45) is 0. The van der Waals surface area contributed by atoms with Crippen molar-refractivity contribution in [1.29, 1.82) is 0 Å². The molecule has 150 valence electrons. The summed E-state index contributed by atoms with van der Waals surface area (Å²) in [6, 6.07) is 19.5. The molecule has 4 rings (SSSR count). The van der Waals surface area contributed by atoms with Gasteiger partial charge in [-0.2, -0.15) is 0 Å². The highest BCUT2D eigenvalue weighted by Crippen LogP contribution is 2.24. The predicted molar refractivity (Wildman–Crippen MR) is 122 cm³/mol. The van der Waals surface area contributed by atoms with Gasteiger partial charge in [-0.1, -0.05) is 48.5 Å². The summed E-state index contributed by atoms with van der Waals surface area (Å²) in [5, 5.41) is 10.6. The Labute approximate surface area is 182 Å². The molecular formula is C23H19N3O2S2. The number of thiophene rings is 1. The summed E-state index contributed by atoms with van der Waals surface area (Å²) in [5.41, 5.74) is 3.28. The standard InChI is InChI=1S/C23H19N3O2S2/c1-15-24-19(14-30-15)16-9-11-18(12-10-16)25-23(28)21(17-6-3-2-4-7-17)26-22(27)20-8-5-13-29-20/h2-14,21H,1H3,(H,25,28)(H,26,27). The van der Waals surface area contributed by atoms with E-state index in [-0.39, 0.29) is 11.8 Å². The van der Waals surface area contributed by atoms with E-state index in [4.69, 9.17) is 0 Å². The van der Waals surface area contributed by atoms with E-state index in [1.807, 2.05) is 78.3 Å². The van der Waals surface area contributed by atoms with Crippen molar-refractivity contribution in [3.8, 4) is 11.3 Å². The number of thiazole rings is 1. The Morgan fingerprint density at radius 1 is 0.933 bits per heavy atom. The maximum Gasteiger partial charge on any atom is 0.262 e. The fourth-order valence-corrected chi connectivity index (χ4v) is 4.24. The molecule has 0 spiro atoms. The molecular weight excluding hydrogens is 414 g/mol. The molecule has 5 nitrogen and oxygen atoms in total. The summed E-state index contributed by atoms with van der Waals surface area (Å²) in [5.74, 6) is -0.577. The van der Waals surface area contributed by atoms with Crippen LogP contribution in [0.2, 0.25) is 0 Å². The topological polar surface area (TPSA) is 71.1 Å². The van der Waals surface area contributed by atoms with E-state index in [1.165, 1.54) is 11.3 Å². The molecule has 4 aromatic rings. The third kappa shape index (κ3) is 4.64. The van der Waals surface area contributed by atoms with Gasteiger partial charge in [0.15, 0.2) is 0 Å². The summed E-state index contributed by atoms with van der Waals surface area (Å²) in [6.45, 7) is 1.97. The van der Waals surface area contributed by atoms with Crippen LogP contribution >= 0.6 is 22.7 Å². The van der Waals surface area contributed by atoms with Crippen molar-refractivity contribution in [2.75, 3.05) is 5.32 Å². The van der Waals surface area contributed by atoms with Crippen LogP contribution in [-0.2, 0) is 4.79 Å². The lowest BCUT2D eigenvalue weighted by Crippen LogP contribution is -2.36. The molecule has 2 amide bonds. The van der Waals surface area contributed by atoms with Crippen LogP contribution in [0.4, 0.5) is 5.69 Å². The fourth-order valence-electron chi connectivity index (χ4n) is 2.99. The Morgan fingerprint density at radius 3 is 2.33 bits per heavy atom. The molecule has 0 saturated heterocycles. The van der Waals surface area contributed by atoms with Crippen LogP contribution in [0, 0.1) is 6.92 Å². The second kappa shape index (κ2) is 9.02. The number of aryl methyl sites for hydroxylation is 1. The van der Waals surface area contributed by atoms with Crippen molar-refractivity contribution in [3.05, 3.63) is 92.9 Å². The van der Waals surface area contributed by atoms with Crippen molar-refractivity contribution in [2.45, 2.75) is 13.0 Å². The van der Waals surface area contributed by atoms with Gasteiger partial charge in [0.05, 0.1) is 15.6 Å². The van der Waals surface area contributed by atoms with Crippen molar-refractivity contribution in [1.82, 2.24) is 10.3 Å². The van der Waals surface area contributed by atoms with Gasteiger partial charge >= 0.3 is 0 Å². The third-order valence-electron chi connectivity index (χ3n) is 4.48. The van der Waals surface area contributed by atoms with Crippen LogP contribution in [0.25, 0.3) is 11.3 Å². The number of amides is 2. The molecule has 0 aliphatic heterocycles. The zero-order valence-electron chi connectivity index (χ0n) is 16.2. The monoisotopic (exact) mass is 433 g/mol. The molecule has 1 unspecified atom stereocenters. The Bertz CT molecular complexity index is 1140. The van der Waals surface area contributed by atoms with Gasteiger partial charge in [0.1, 0.15) is 6.04 Å². The van der Waals surface area contributed by atoms with Gasteiger partial charge in [0, 0.05) is 16.6 Å². The minimum atomic E-state index is -0.804. The predicted octanol–water partition coefficient (Wildman–Crippen LogP) is 5.29. The molecule has 1 atom stereocenters. The van der Waals surface area contributed by atoms with Crippen LogP contribution in [0.3, 0.4) is 0 Å². The smallest absolute Gasteiger partial charge is 0.262 e. The molecule has 0 radical (unpaired) electrons. The molecule has 0 aliphatic rings. The van der Waals surface area contributed by atoms with Crippen molar-refractivity contribution in [2.24, 2.45) is 0 Å². The minimum Gasteiger partial charge on any atom is -0.336 e. The number of hydrogen-bond donors (Lipinski definition) is 2. The number of rotatable bonds is 6. The van der Waals surface area contributed by atoms with E-state index >= 15 is 0 Å². The first-order valence-corrected chi connectivity index (χ1v) is 11.1. The number of hydrogen-bond acceptors (Lipinski definition) is 5. The van der Waals surface area contributed by atoms with Gasteiger partial charge in [0.2, 0.25) is 0 Å². The zero-order chi connectivity index (χ0) is 20.9. The van der Waals surface area contributed by atoms with Crippen LogP contribution in [-0.4, -0.2) is 16.8 Å². The van der Waals surface area contributed by atoms with Crippen LogP contribution in [0.15, 0.2) is 77.5 Å². The highest BCUT2D eigenvalue weighted by molar-refractivity contribution is 7.12.